The maximum absolute atomic E-state index is 13.2. The van der Waals surface area contributed by atoms with Gasteiger partial charge in [-0.05, 0) is 48.9 Å². The fourth-order valence-corrected chi connectivity index (χ4v) is 4.20. The number of hydrogen-bond donors (Lipinski definition) is 1. The molecule has 1 amide bonds. The molecule has 1 N–H and O–H groups in total. The predicted molar refractivity (Wildman–Crippen MR) is 127 cm³/mol. The summed E-state index contributed by atoms with van der Waals surface area (Å²) in [6.07, 6.45) is 0. The van der Waals surface area contributed by atoms with E-state index in [0.29, 0.717) is 33.3 Å². The van der Waals surface area contributed by atoms with Crippen LogP contribution in [-0.4, -0.2) is 31.0 Å². The van der Waals surface area contributed by atoms with E-state index in [1.54, 1.807) is 42.5 Å². The van der Waals surface area contributed by atoms with E-state index in [2.05, 4.69) is 0 Å². The number of anilines is 1. The van der Waals surface area contributed by atoms with Crippen LogP contribution in [0.25, 0.3) is 5.76 Å². The summed E-state index contributed by atoms with van der Waals surface area (Å²) in [6, 6.07) is 18.2. The van der Waals surface area contributed by atoms with E-state index < -0.39 is 17.7 Å². The molecule has 4 rings (SSSR count). The van der Waals surface area contributed by atoms with E-state index in [4.69, 9.17) is 21.1 Å². The molecule has 1 fully saturated rings. The maximum Gasteiger partial charge on any atom is 0.300 e. The fraction of sp³-hybridized carbons (Fsp3) is 0.154. The van der Waals surface area contributed by atoms with Gasteiger partial charge in [-0.2, -0.15) is 0 Å². The standard InChI is InChI=1S/C26H22ClNO5/c1-15-6-4-7-16(12-15)23-22(24(29)17-10-11-20(32-2)21(13-17)33-3)25(30)26(31)28(23)19-9-5-8-18(27)14-19/h4-14,23,29H,1-3H3/b24-22+. The molecule has 3 aromatic rings. The van der Waals surface area contributed by atoms with Crippen molar-refractivity contribution in [3.05, 3.63) is 94.0 Å². The average molecular weight is 464 g/mol. The second-order valence-electron chi connectivity index (χ2n) is 7.63. The lowest BCUT2D eigenvalue weighted by atomic mass is 9.94. The summed E-state index contributed by atoms with van der Waals surface area (Å²) < 4.78 is 10.6. The molecule has 0 aliphatic carbocycles. The van der Waals surface area contributed by atoms with E-state index in [-0.39, 0.29) is 11.3 Å². The van der Waals surface area contributed by atoms with Crippen LogP contribution in [0.1, 0.15) is 22.7 Å². The number of methoxy groups -OCH3 is 2. The lowest BCUT2D eigenvalue weighted by Crippen LogP contribution is -2.29. The van der Waals surface area contributed by atoms with E-state index in [1.807, 2.05) is 31.2 Å². The van der Waals surface area contributed by atoms with Crippen LogP contribution in [0.2, 0.25) is 5.02 Å². The van der Waals surface area contributed by atoms with Crippen molar-refractivity contribution in [1.82, 2.24) is 0 Å². The highest BCUT2D eigenvalue weighted by atomic mass is 35.5. The summed E-state index contributed by atoms with van der Waals surface area (Å²) in [4.78, 5) is 27.8. The fourth-order valence-electron chi connectivity index (χ4n) is 4.02. The van der Waals surface area contributed by atoms with Gasteiger partial charge in [-0.25, -0.2) is 0 Å². The zero-order valence-electron chi connectivity index (χ0n) is 18.3. The molecular weight excluding hydrogens is 442 g/mol. The summed E-state index contributed by atoms with van der Waals surface area (Å²) in [5, 5.41) is 11.7. The Morgan fingerprint density at radius 3 is 2.33 bits per heavy atom. The Labute approximate surface area is 196 Å². The molecular formula is C26H22ClNO5. The molecule has 0 saturated carbocycles. The number of ether oxygens (including phenoxy) is 2. The first kappa shape index (κ1) is 22.4. The Morgan fingerprint density at radius 1 is 0.939 bits per heavy atom. The Morgan fingerprint density at radius 2 is 1.67 bits per heavy atom. The summed E-state index contributed by atoms with van der Waals surface area (Å²) in [5.41, 5.74) is 2.42. The first-order valence-electron chi connectivity index (χ1n) is 10.2. The summed E-state index contributed by atoms with van der Waals surface area (Å²) in [6.45, 7) is 1.92. The highest BCUT2D eigenvalue weighted by molar-refractivity contribution is 6.51. The van der Waals surface area contributed by atoms with E-state index >= 15 is 0 Å². The number of hydrogen-bond acceptors (Lipinski definition) is 5. The highest BCUT2D eigenvalue weighted by Gasteiger charge is 2.47. The average Bonchev–Trinajstić information content (AvgIpc) is 3.08. The van der Waals surface area contributed by atoms with Gasteiger partial charge in [0, 0.05) is 16.3 Å². The Balaban J connectivity index is 1.95. The van der Waals surface area contributed by atoms with Crippen molar-refractivity contribution in [3.63, 3.8) is 0 Å². The van der Waals surface area contributed by atoms with Gasteiger partial charge < -0.3 is 14.6 Å². The van der Waals surface area contributed by atoms with E-state index in [0.717, 1.165) is 5.56 Å². The van der Waals surface area contributed by atoms with Crippen molar-refractivity contribution in [2.24, 2.45) is 0 Å². The smallest absolute Gasteiger partial charge is 0.300 e. The molecule has 1 aliphatic rings. The third-order valence-electron chi connectivity index (χ3n) is 5.55. The van der Waals surface area contributed by atoms with Crippen LogP contribution < -0.4 is 14.4 Å². The minimum Gasteiger partial charge on any atom is -0.507 e. The molecule has 1 heterocycles. The molecule has 33 heavy (non-hydrogen) atoms. The summed E-state index contributed by atoms with van der Waals surface area (Å²) >= 11 is 6.17. The number of aryl methyl sites for hydroxylation is 1. The van der Waals surface area contributed by atoms with Crippen LogP contribution >= 0.6 is 11.6 Å². The number of carbonyl (C=O) groups is 2. The van der Waals surface area contributed by atoms with Crippen molar-refractivity contribution in [1.29, 1.82) is 0 Å². The molecule has 1 aliphatic heterocycles. The first-order chi connectivity index (χ1) is 15.8. The minimum atomic E-state index is -0.837. The number of aliphatic hydroxyl groups is 1. The minimum absolute atomic E-state index is 0.0159. The highest BCUT2D eigenvalue weighted by Crippen LogP contribution is 2.43. The third kappa shape index (κ3) is 4.05. The van der Waals surface area contributed by atoms with Crippen LogP contribution in [-0.2, 0) is 9.59 Å². The lowest BCUT2D eigenvalue weighted by molar-refractivity contribution is -0.132. The quantitative estimate of drug-likeness (QED) is 0.316. The predicted octanol–water partition coefficient (Wildman–Crippen LogP) is 5.29. The Hall–Kier alpha value is -3.77. The van der Waals surface area contributed by atoms with E-state index in [1.165, 1.54) is 19.1 Å². The number of rotatable bonds is 5. The van der Waals surface area contributed by atoms with Crippen LogP contribution in [0.5, 0.6) is 11.5 Å². The first-order valence-corrected chi connectivity index (χ1v) is 10.6. The van der Waals surface area contributed by atoms with Gasteiger partial charge in [-0.3, -0.25) is 14.5 Å². The number of halogens is 1. The van der Waals surface area contributed by atoms with Crippen LogP contribution in [0.4, 0.5) is 5.69 Å². The van der Waals surface area contributed by atoms with Gasteiger partial charge in [0.05, 0.1) is 25.8 Å². The normalized spacial score (nSPS) is 17.3. The molecule has 3 aromatic carbocycles. The molecule has 6 nitrogen and oxygen atoms in total. The van der Waals surface area contributed by atoms with Crippen molar-refractivity contribution in [2.45, 2.75) is 13.0 Å². The van der Waals surface area contributed by atoms with Gasteiger partial charge in [0.2, 0.25) is 0 Å². The van der Waals surface area contributed by atoms with Crippen molar-refractivity contribution in [2.75, 3.05) is 19.1 Å². The summed E-state index contributed by atoms with van der Waals surface area (Å²) in [5.74, 6) is -0.966. The van der Waals surface area contributed by atoms with Gasteiger partial charge in [0.25, 0.3) is 11.7 Å². The van der Waals surface area contributed by atoms with Gasteiger partial charge in [-0.15, -0.1) is 0 Å². The molecule has 1 saturated heterocycles. The Bertz CT molecular complexity index is 1280. The number of amides is 1. The second kappa shape index (κ2) is 9.00. The van der Waals surface area contributed by atoms with Gasteiger partial charge in [-0.1, -0.05) is 47.5 Å². The van der Waals surface area contributed by atoms with Gasteiger partial charge in [0.1, 0.15) is 5.76 Å². The molecule has 7 heteroatoms. The topological polar surface area (TPSA) is 76.1 Å². The largest absolute Gasteiger partial charge is 0.507 e. The number of Topliss-reactive ketones (excluding diaryl/α,β-unsaturated/α-hetero) is 1. The SMILES string of the molecule is COc1ccc(/C(O)=C2\C(=O)C(=O)N(c3cccc(Cl)c3)C2c2cccc(C)c2)cc1OC. The monoisotopic (exact) mass is 463 g/mol. The maximum atomic E-state index is 13.2. The molecule has 0 aromatic heterocycles. The number of carbonyl (C=O) groups excluding carboxylic acids is 2. The lowest BCUT2D eigenvalue weighted by Gasteiger charge is -2.26. The van der Waals surface area contributed by atoms with Crippen molar-refractivity contribution in [3.8, 4) is 11.5 Å². The molecule has 168 valence electrons. The third-order valence-corrected chi connectivity index (χ3v) is 5.78. The molecule has 1 atom stereocenters. The Kier molecular flexibility index (Phi) is 6.11. The number of aliphatic hydroxyl groups excluding tert-OH is 1. The van der Waals surface area contributed by atoms with Gasteiger partial charge >= 0.3 is 0 Å². The van der Waals surface area contributed by atoms with Crippen LogP contribution in [0, 0.1) is 6.92 Å². The van der Waals surface area contributed by atoms with Crippen molar-refractivity contribution >= 4 is 34.7 Å². The zero-order valence-corrected chi connectivity index (χ0v) is 19.1. The van der Waals surface area contributed by atoms with Gasteiger partial charge in [0.15, 0.2) is 11.5 Å². The zero-order chi connectivity index (χ0) is 23.7. The van der Waals surface area contributed by atoms with Crippen LogP contribution in [0.15, 0.2) is 72.3 Å². The molecule has 0 radical (unpaired) electrons. The number of ketones is 1. The van der Waals surface area contributed by atoms with E-state index in [9.17, 15) is 14.7 Å². The number of nitrogens with zero attached hydrogens (tertiary/aromatic N) is 1. The molecule has 0 spiro atoms. The molecule has 0 bridgehead atoms. The van der Waals surface area contributed by atoms with Crippen LogP contribution in [0.3, 0.4) is 0 Å². The number of benzene rings is 3. The molecule has 1 unspecified atom stereocenters. The summed E-state index contributed by atoms with van der Waals surface area (Å²) in [7, 11) is 2.98. The second-order valence-corrected chi connectivity index (χ2v) is 8.07. The van der Waals surface area contributed by atoms with Crippen molar-refractivity contribution < 1.29 is 24.2 Å².